The monoisotopic (exact) mass is 364 g/mol. The molecule has 0 heterocycles. The summed E-state index contributed by atoms with van der Waals surface area (Å²) in [5.74, 6) is 0. The average Bonchev–Trinajstić information content (AvgIpc) is 2.09. The predicted octanol–water partition coefficient (Wildman–Crippen LogP) is 6.46. The van der Waals surface area contributed by atoms with Crippen LogP contribution < -0.4 is 0 Å². The molecule has 0 aromatic heterocycles. The second-order valence-electron chi connectivity index (χ2n) is 7.72. The van der Waals surface area contributed by atoms with Crippen LogP contribution in [0.2, 0.25) is 0 Å². The molecule has 0 radical (unpaired) electrons. The molecule has 136 valence electrons. The summed E-state index contributed by atoms with van der Waals surface area (Å²) in [5.41, 5.74) is -0.338. The fourth-order valence-corrected chi connectivity index (χ4v) is 2.64. The van der Waals surface area contributed by atoms with Gasteiger partial charge in [-0.15, -0.1) is 0 Å². The Bertz CT molecular complexity index is 376. The molecule has 4 unspecified atom stereocenters. The van der Waals surface area contributed by atoms with Gasteiger partial charge >= 0.3 is 15.4 Å². The van der Waals surface area contributed by atoms with Crippen molar-refractivity contribution in [2.75, 3.05) is 13.3 Å². The van der Waals surface area contributed by atoms with Crippen LogP contribution in [0.25, 0.3) is 0 Å². The van der Waals surface area contributed by atoms with Gasteiger partial charge in [0.2, 0.25) is 0 Å². The van der Waals surface area contributed by atoms with E-state index in [9.17, 15) is 17.5 Å². The Hall–Kier alpha value is 0.240. The van der Waals surface area contributed by atoms with E-state index in [0.29, 0.717) is 0 Å². The van der Waals surface area contributed by atoms with Crippen LogP contribution in [0.3, 0.4) is 0 Å². The van der Waals surface area contributed by atoms with Crippen LogP contribution in [-0.4, -0.2) is 25.5 Å². The number of hydrogen-bond donors (Lipinski definition) is 0. The maximum absolute atomic E-state index is 12.5. The molecule has 0 bridgehead atoms. The van der Waals surface area contributed by atoms with Crippen LogP contribution >= 0.6 is 15.4 Å². The first-order valence-corrected chi connectivity index (χ1v) is 11.1. The molecule has 0 aromatic carbocycles. The van der Waals surface area contributed by atoms with Gasteiger partial charge in [-0.2, -0.15) is 8.39 Å². The predicted molar refractivity (Wildman–Crippen MR) is 89.3 cm³/mol. The van der Waals surface area contributed by atoms with E-state index in [-0.39, 0.29) is 23.0 Å². The van der Waals surface area contributed by atoms with Gasteiger partial charge in [-0.1, -0.05) is 41.5 Å². The van der Waals surface area contributed by atoms with Gasteiger partial charge in [0.1, 0.15) is 0 Å². The van der Waals surface area contributed by atoms with Gasteiger partial charge in [-0.05, 0) is 24.7 Å². The van der Waals surface area contributed by atoms with E-state index in [1.807, 2.05) is 41.5 Å². The SMILES string of the molecule is CC(OP(C)(=O)F)C(C)(C)C.CC(OP(C)(=O)F)C(C)(C)C. The van der Waals surface area contributed by atoms with Crippen molar-refractivity contribution < 1.29 is 26.6 Å². The summed E-state index contributed by atoms with van der Waals surface area (Å²) in [7, 11) is -7.64. The molecule has 22 heavy (non-hydrogen) atoms. The molecular formula is C14H32F2O4P2. The van der Waals surface area contributed by atoms with Gasteiger partial charge in [0.25, 0.3) is 0 Å². The molecule has 0 spiro atoms. The van der Waals surface area contributed by atoms with E-state index in [4.69, 9.17) is 9.05 Å². The number of hydrogen-bond acceptors (Lipinski definition) is 4. The van der Waals surface area contributed by atoms with Gasteiger partial charge in [-0.25, -0.2) is 0 Å². The lowest BCUT2D eigenvalue weighted by Crippen LogP contribution is -2.24. The summed E-state index contributed by atoms with van der Waals surface area (Å²) in [6.07, 6.45) is -0.660. The van der Waals surface area contributed by atoms with Crippen molar-refractivity contribution in [1.29, 1.82) is 0 Å². The molecule has 0 aliphatic carbocycles. The van der Waals surface area contributed by atoms with Crippen LogP contribution in [0.5, 0.6) is 0 Å². The van der Waals surface area contributed by atoms with Crippen LogP contribution in [0.1, 0.15) is 55.4 Å². The molecule has 0 rings (SSSR count). The fraction of sp³-hybridized carbons (Fsp3) is 1.00. The second kappa shape index (κ2) is 8.37. The Labute approximate surface area is 134 Å². The van der Waals surface area contributed by atoms with Crippen LogP contribution in [0.4, 0.5) is 8.39 Å². The Kier molecular flexibility index (Phi) is 9.32. The highest BCUT2D eigenvalue weighted by Crippen LogP contribution is 2.48. The first kappa shape index (κ1) is 24.5. The highest BCUT2D eigenvalue weighted by Gasteiger charge is 2.28. The van der Waals surface area contributed by atoms with Gasteiger partial charge < -0.3 is 9.05 Å². The molecule has 4 nitrogen and oxygen atoms in total. The molecule has 0 aliphatic rings. The molecule has 8 heteroatoms. The van der Waals surface area contributed by atoms with Crippen molar-refractivity contribution in [3.05, 3.63) is 0 Å². The Morgan fingerprint density at radius 2 is 0.909 bits per heavy atom. The summed E-state index contributed by atoms with van der Waals surface area (Å²) in [5, 5.41) is 0. The highest BCUT2D eigenvalue weighted by molar-refractivity contribution is 7.52. The Balaban J connectivity index is 0. The molecule has 0 saturated carbocycles. The molecule has 4 atom stereocenters. The summed E-state index contributed by atoms with van der Waals surface area (Å²) in [6.45, 7) is 16.9. The summed E-state index contributed by atoms with van der Waals surface area (Å²) in [4.78, 5) is 0. The summed E-state index contributed by atoms with van der Waals surface area (Å²) in [6, 6.07) is 0. The average molecular weight is 364 g/mol. The third kappa shape index (κ3) is 15.1. The molecule has 0 amide bonds. The van der Waals surface area contributed by atoms with Crippen molar-refractivity contribution in [3.8, 4) is 0 Å². The maximum atomic E-state index is 12.5. The Morgan fingerprint density at radius 3 is 0.955 bits per heavy atom. The Morgan fingerprint density at radius 1 is 0.727 bits per heavy atom. The normalized spacial score (nSPS) is 20.9. The fourth-order valence-electron chi connectivity index (χ4n) is 0.881. The third-order valence-electron chi connectivity index (χ3n) is 3.13. The topological polar surface area (TPSA) is 52.6 Å². The lowest BCUT2D eigenvalue weighted by molar-refractivity contribution is 0.0987. The molecule has 0 aromatic rings. The molecule has 0 saturated heterocycles. The number of halogens is 2. The minimum Gasteiger partial charge on any atom is -0.302 e. The molecule has 0 aliphatic heterocycles. The van der Waals surface area contributed by atoms with Gasteiger partial charge in [-0.3, -0.25) is 9.13 Å². The van der Waals surface area contributed by atoms with E-state index in [1.165, 1.54) is 0 Å². The highest BCUT2D eigenvalue weighted by atomic mass is 31.2. The largest absolute Gasteiger partial charge is 0.364 e. The van der Waals surface area contributed by atoms with Crippen molar-refractivity contribution in [2.45, 2.75) is 67.6 Å². The number of rotatable bonds is 4. The van der Waals surface area contributed by atoms with Gasteiger partial charge in [0.05, 0.1) is 12.2 Å². The zero-order valence-corrected chi connectivity index (χ0v) is 17.2. The third-order valence-corrected chi connectivity index (χ3v) is 4.52. The van der Waals surface area contributed by atoms with Crippen LogP contribution in [-0.2, 0) is 18.2 Å². The quantitative estimate of drug-likeness (QED) is 0.537. The maximum Gasteiger partial charge on any atom is 0.364 e. The lowest BCUT2D eigenvalue weighted by Gasteiger charge is -2.27. The van der Waals surface area contributed by atoms with Crippen LogP contribution in [0.15, 0.2) is 0 Å². The van der Waals surface area contributed by atoms with E-state index in [1.54, 1.807) is 13.8 Å². The van der Waals surface area contributed by atoms with Gasteiger partial charge in [0.15, 0.2) is 0 Å². The van der Waals surface area contributed by atoms with E-state index in [2.05, 4.69) is 0 Å². The van der Waals surface area contributed by atoms with E-state index in [0.717, 1.165) is 13.3 Å². The van der Waals surface area contributed by atoms with Crippen molar-refractivity contribution >= 4 is 15.4 Å². The zero-order chi connectivity index (χ0) is 18.6. The lowest BCUT2D eigenvalue weighted by atomic mass is 9.91. The van der Waals surface area contributed by atoms with E-state index < -0.39 is 15.4 Å². The second-order valence-corrected chi connectivity index (χ2v) is 11.1. The zero-order valence-electron chi connectivity index (χ0n) is 15.4. The first-order chi connectivity index (χ1) is 9.26. The minimum atomic E-state index is -3.82. The summed E-state index contributed by atoms with van der Waals surface area (Å²) >= 11 is 0. The summed E-state index contributed by atoms with van der Waals surface area (Å²) < 4.78 is 55.6. The van der Waals surface area contributed by atoms with Crippen molar-refractivity contribution in [2.24, 2.45) is 10.8 Å². The smallest absolute Gasteiger partial charge is 0.302 e. The van der Waals surface area contributed by atoms with Crippen LogP contribution in [0, 0.1) is 10.8 Å². The first-order valence-electron chi connectivity index (χ1n) is 7.17. The van der Waals surface area contributed by atoms with E-state index >= 15 is 0 Å². The minimum absolute atomic E-state index is 0.169. The molecule has 0 fully saturated rings. The molecular weight excluding hydrogens is 332 g/mol. The van der Waals surface area contributed by atoms with Gasteiger partial charge in [0, 0.05) is 13.3 Å². The van der Waals surface area contributed by atoms with Crippen molar-refractivity contribution in [3.63, 3.8) is 0 Å². The van der Waals surface area contributed by atoms with Crippen molar-refractivity contribution in [1.82, 2.24) is 0 Å². The molecule has 0 N–H and O–H groups in total. The standard InChI is InChI=1S/2C7H16FO2P/c2*1-6(7(2,3)4)10-11(5,8)9/h2*6H,1-5H3.